The van der Waals surface area contributed by atoms with Gasteiger partial charge in [-0.15, -0.1) is 0 Å². The van der Waals surface area contributed by atoms with Crippen molar-refractivity contribution in [3.63, 3.8) is 0 Å². The highest BCUT2D eigenvalue weighted by Crippen LogP contribution is 2.53. The fraction of sp³-hybridized carbons (Fsp3) is 0.455. The molecule has 158 valence electrons. The van der Waals surface area contributed by atoms with Gasteiger partial charge in [0.05, 0.1) is 5.41 Å². The summed E-state index contributed by atoms with van der Waals surface area (Å²) in [6, 6.07) is 7.06. The quantitative estimate of drug-likeness (QED) is 0.694. The van der Waals surface area contributed by atoms with E-state index in [1.165, 1.54) is 35.4 Å². The molecule has 1 aromatic heterocycles. The number of amides is 1. The SMILES string of the molecule is Cc1nccc(C(=O)C[C@H]2CC(F)(F)C[C@]3(CCN(c4cccc(F)c4)C3=O)C2)n1. The number of nitrogens with zero attached hydrogens (tertiary/aromatic N) is 3. The smallest absolute Gasteiger partial charge is 0.249 e. The number of halogens is 3. The lowest BCUT2D eigenvalue weighted by molar-refractivity contribution is -0.143. The number of carbonyl (C=O) groups is 2. The second kappa shape index (κ2) is 7.49. The molecule has 2 atom stereocenters. The fourth-order valence-corrected chi connectivity index (χ4v) is 4.87. The third-order valence-corrected chi connectivity index (χ3v) is 6.03. The topological polar surface area (TPSA) is 63.2 Å². The summed E-state index contributed by atoms with van der Waals surface area (Å²) < 4.78 is 42.9. The molecule has 0 N–H and O–H groups in total. The molecule has 4 rings (SSSR count). The van der Waals surface area contributed by atoms with Gasteiger partial charge in [-0.2, -0.15) is 0 Å². The van der Waals surface area contributed by atoms with Crippen LogP contribution < -0.4 is 4.90 Å². The van der Waals surface area contributed by atoms with Crippen LogP contribution in [0.15, 0.2) is 36.5 Å². The Hall–Kier alpha value is -2.77. The van der Waals surface area contributed by atoms with Gasteiger partial charge in [0.15, 0.2) is 5.78 Å². The lowest BCUT2D eigenvalue weighted by Gasteiger charge is -2.40. The number of ketones is 1. The molecule has 1 aliphatic carbocycles. The predicted molar refractivity (Wildman–Crippen MR) is 104 cm³/mol. The van der Waals surface area contributed by atoms with Crippen LogP contribution in [0.1, 0.15) is 48.4 Å². The summed E-state index contributed by atoms with van der Waals surface area (Å²) in [7, 11) is 0. The molecule has 2 aromatic rings. The first-order valence-corrected chi connectivity index (χ1v) is 9.96. The second-order valence-corrected chi connectivity index (χ2v) is 8.39. The Morgan fingerprint density at radius 1 is 1.27 bits per heavy atom. The van der Waals surface area contributed by atoms with Crippen molar-refractivity contribution in [1.82, 2.24) is 9.97 Å². The van der Waals surface area contributed by atoms with Gasteiger partial charge in [0.2, 0.25) is 11.8 Å². The summed E-state index contributed by atoms with van der Waals surface area (Å²) in [5, 5.41) is 0. The minimum atomic E-state index is -3.04. The summed E-state index contributed by atoms with van der Waals surface area (Å²) in [5.74, 6) is -4.47. The van der Waals surface area contributed by atoms with E-state index in [4.69, 9.17) is 0 Å². The van der Waals surface area contributed by atoms with E-state index in [9.17, 15) is 22.8 Å². The average molecular weight is 417 g/mol. The normalized spacial score (nSPS) is 25.7. The number of hydrogen-bond acceptors (Lipinski definition) is 4. The number of hydrogen-bond donors (Lipinski definition) is 0. The number of anilines is 1. The summed E-state index contributed by atoms with van der Waals surface area (Å²) in [6.45, 7) is 1.91. The first kappa shape index (κ1) is 20.5. The molecule has 1 aliphatic heterocycles. The highest BCUT2D eigenvalue weighted by molar-refractivity contribution is 6.00. The molecular formula is C22H22F3N3O2. The average Bonchev–Trinajstić information content (AvgIpc) is 2.95. The molecule has 1 aromatic carbocycles. The minimum absolute atomic E-state index is 0.0962. The van der Waals surface area contributed by atoms with Crippen LogP contribution in [0.5, 0.6) is 0 Å². The molecule has 1 spiro atoms. The Kier molecular flexibility index (Phi) is 5.11. The molecule has 2 heterocycles. The summed E-state index contributed by atoms with van der Waals surface area (Å²) in [5.41, 5.74) is -0.667. The Balaban J connectivity index is 1.55. The van der Waals surface area contributed by atoms with Crippen molar-refractivity contribution in [2.45, 2.75) is 45.0 Å². The lowest BCUT2D eigenvalue weighted by Crippen LogP contribution is -2.45. The van der Waals surface area contributed by atoms with Crippen molar-refractivity contribution in [3.8, 4) is 0 Å². The molecule has 0 unspecified atom stereocenters. The first-order chi connectivity index (χ1) is 14.2. The molecule has 5 nitrogen and oxygen atoms in total. The summed E-state index contributed by atoms with van der Waals surface area (Å²) in [6.07, 6.45) is 0.864. The molecular weight excluding hydrogens is 395 g/mol. The van der Waals surface area contributed by atoms with E-state index in [1.807, 2.05) is 0 Å². The van der Waals surface area contributed by atoms with Crippen LogP contribution in [-0.4, -0.2) is 34.1 Å². The Morgan fingerprint density at radius 3 is 2.80 bits per heavy atom. The first-order valence-electron chi connectivity index (χ1n) is 9.96. The van der Waals surface area contributed by atoms with Crippen LogP contribution in [0.3, 0.4) is 0 Å². The fourth-order valence-electron chi connectivity index (χ4n) is 4.87. The molecule has 1 amide bonds. The van der Waals surface area contributed by atoms with Crippen LogP contribution in [-0.2, 0) is 4.79 Å². The van der Waals surface area contributed by atoms with Crippen LogP contribution in [0.4, 0.5) is 18.9 Å². The number of alkyl halides is 2. The summed E-state index contributed by atoms with van der Waals surface area (Å²) >= 11 is 0. The van der Waals surface area contributed by atoms with Gasteiger partial charge in [0, 0.05) is 37.7 Å². The van der Waals surface area contributed by atoms with E-state index in [-0.39, 0.29) is 37.3 Å². The van der Waals surface area contributed by atoms with Crippen LogP contribution >= 0.6 is 0 Å². The maximum Gasteiger partial charge on any atom is 0.249 e. The van der Waals surface area contributed by atoms with Crippen molar-refractivity contribution < 1.29 is 22.8 Å². The number of aromatic nitrogens is 2. The standard InChI is InChI=1S/C22H22F3N3O2/c1-14-26-7-5-18(27-14)19(29)9-15-11-21(13-22(24,25)12-15)6-8-28(20(21)30)17-4-2-3-16(23)10-17/h2-5,7,10,15H,6,8-9,11-13H2,1H3/t15-,21+/m1/s1. The zero-order valence-electron chi connectivity index (χ0n) is 16.6. The largest absolute Gasteiger partial charge is 0.312 e. The van der Waals surface area contributed by atoms with E-state index in [1.54, 1.807) is 13.0 Å². The minimum Gasteiger partial charge on any atom is -0.312 e. The lowest BCUT2D eigenvalue weighted by atomic mass is 9.66. The van der Waals surface area contributed by atoms with Crippen molar-refractivity contribution in [3.05, 3.63) is 53.9 Å². The molecule has 2 fully saturated rings. The number of carbonyl (C=O) groups excluding carboxylic acids is 2. The predicted octanol–water partition coefficient (Wildman–Crippen LogP) is 4.36. The van der Waals surface area contributed by atoms with Gasteiger partial charge in [-0.25, -0.2) is 23.1 Å². The molecule has 30 heavy (non-hydrogen) atoms. The van der Waals surface area contributed by atoms with Gasteiger partial charge >= 0.3 is 0 Å². The van der Waals surface area contributed by atoms with Crippen molar-refractivity contribution in [2.75, 3.05) is 11.4 Å². The van der Waals surface area contributed by atoms with E-state index in [0.29, 0.717) is 11.5 Å². The van der Waals surface area contributed by atoms with Gasteiger partial charge in [0.25, 0.3) is 0 Å². The number of rotatable bonds is 4. The number of Topliss-reactive ketones (excluding diaryl/α,β-unsaturated/α-hetero) is 1. The van der Waals surface area contributed by atoms with Crippen LogP contribution in [0.2, 0.25) is 0 Å². The molecule has 8 heteroatoms. The van der Waals surface area contributed by atoms with Gasteiger partial charge in [-0.05, 0) is 49.9 Å². The Bertz CT molecular complexity index is 997. The second-order valence-electron chi connectivity index (χ2n) is 8.39. The van der Waals surface area contributed by atoms with E-state index < -0.39 is 41.8 Å². The Morgan fingerprint density at radius 2 is 2.07 bits per heavy atom. The van der Waals surface area contributed by atoms with Gasteiger partial charge in [-0.1, -0.05) is 6.07 Å². The van der Waals surface area contributed by atoms with Crippen LogP contribution in [0, 0.1) is 24.1 Å². The number of benzene rings is 1. The van der Waals surface area contributed by atoms with Gasteiger partial charge in [-0.3, -0.25) is 9.59 Å². The van der Waals surface area contributed by atoms with Crippen molar-refractivity contribution >= 4 is 17.4 Å². The highest BCUT2D eigenvalue weighted by atomic mass is 19.3. The molecule has 2 aliphatic rings. The third kappa shape index (κ3) is 3.95. The zero-order valence-corrected chi connectivity index (χ0v) is 16.6. The molecule has 1 saturated heterocycles. The maximum absolute atomic E-state index is 14.7. The van der Waals surface area contributed by atoms with Gasteiger partial charge in [0.1, 0.15) is 17.3 Å². The molecule has 1 saturated carbocycles. The van der Waals surface area contributed by atoms with Gasteiger partial charge < -0.3 is 4.90 Å². The highest BCUT2D eigenvalue weighted by Gasteiger charge is 2.57. The van der Waals surface area contributed by atoms with E-state index in [0.717, 1.165) is 0 Å². The van der Waals surface area contributed by atoms with Crippen molar-refractivity contribution in [1.29, 1.82) is 0 Å². The third-order valence-electron chi connectivity index (χ3n) is 6.03. The molecule has 0 bridgehead atoms. The zero-order chi connectivity index (χ0) is 21.5. The number of aryl methyl sites for hydroxylation is 1. The van der Waals surface area contributed by atoms with Crippen LogP contribution in [0.25, 0.3) is 0 Å². The van der Waals surface area contributed by atoms with E-state index in [2.05, 4.69) is 9.97 Å². The van der Waals surface area contributed by atoms with E-state index >= 15 is 0 Å². The maximum atomic E-state index is 14.7. The monoisotopic (exact) mass is 417 g/mol. The van der Waals surface area contributed by atoms with Crippen molar-refractivity contribution in [2.24, 2.45) is 11.3 Å². The Labute approximate surface area is 172 Å². The molecule has 0 radical (unpaired) electrons. The summed E-state index contributed by atoms with van der Waals surface area (Å²) in [4.78, 5) is 35.2.